The highest BCUT2D eigenvalue weighted by molar-refractivity contribution is 7.99. The molecule has 1 unspecified atom stereocenters. The third-order valence-corrected chi connectivity index (χ3v) is 3.86. The van der Waals surface area contributed by atoms with E-state index in [-0.39, 0.29) is 11.9 Å². The van der Waals surface area contributed by atoms with E-state index in [0.29, 0.717) is 0 Å². The molecule has 4 nitrogen and oxygen atoms in total. The van der Waals surface area contributed by atoms with E-state index in [2.05, 4.69) is 22.6 Å². The average Bonchev–Trinajstić information content (AvgIpc) is 2.81. The fraction of sp³-hybridized carbons (Fsp3) is 0.385. The normalized spacial score (nSPS) is 12.6. The summed E-state index contributed by atoms with van der Waals surface area (Å²) in [6, 6.07) is 6.80. The molecule has 0 saturated carbocycles. The number of nitrogens with one attached hydrogen (secondary N) is 1. The molecule has 0 saturated heterocycles. The standard InChI is InChI=1S/C13H17FN4S/c1-3-15-12(13-8-16-17-18(13)2)9-19-11-6-4-5-10(14)7-11/h4-8,12,15H,3,9H2,1-2H3. The highest BCUT2D eigenvalue weighted by Gasteiger charge is 2.15. The second-order valence-corrected chi connectivity index (χ2v) is 5.25. The topological polar surface area (TPSA) is 42.7 Å². The molecule has 0 aliphatic rings. The van der Waals surface area contributed by atoms with E-state index in [1.807, 2.05) is 13.1 Å². The molecule has 0 bridgehead atoms. The van der Waals surface area contributed by atoms with Gasteiger partial charge in [-0.3, -0.25) is 4.68 Å². The molecular weight excluding hydrogens is 263 g/mol. The lowest BCUT2D eigenvalue weighted by molar-refractivity contribution is 0.549. The van der Waals surface area contributed by atoms with E-state index < -0.39 is 0 Å². The Labute approximate surface area is 116 Å². The van der Waals surface area contributed by atoms with Crippen molar-refractivity contribution < 1.29 is 4.39 Å². The predicted octanol–water partition coefficient (Wildman–Crippen LogP) is 2.40. The summed E-state index contributed by atoms with van der Waals surface area (Å²) < 4.78 is 14.9. The number of hydrogen-bond acceptors (Lipinski definition) is 4. The number of hydrogen-bond donors (Lipinski definition) is 1. The highest BCUT2D eigenvalue weighted by atomic mass is 32.2. The van der Waals surface area contributed by atoms with Gasteiger partial charge in [-0.05, 0) is 24.7 Å². The van der Waals surface area contributed by atoms with Crippen LogP contribution >= 0.6 is 11.8 Å². The summed E-state index contributed by atoms with van der Waals surface area (Å²) in [6.45, 7) is 2.92. The molecule has 1 aromatic heterocycles. The van der Waals surface area contributed by atoms with E-state index in [4.69, 9.17) is 0 Å². The Bertz CT molecular complexity index is 529. The maximum absolute atomic E-state index is 13.1. The van der Waals surface area contributed by atoms with Crippen LogP contribution in [0, 0.1) is 5.82 Å². The largest absolute Gasteiger partial charge is 0.308 e. The van der Waals surface area contributed by atoms with Crippen molar-refractivity contribution >= 4 is 11.8 Å². The number of benzene rings is 1. The third-order valence-electron chi connectivity index (χ3n) is 2.77. The Morgan fingerprint density at radius 2 is 2.32 bits per heavy atom. The van der Waals surface area contributed by atoms with E-state index in [1.54, 1.807) is 34.8 Å². The summed E-state index contributed by atoms with van der Waals surface area (Å²) in [5, 5.41) is 11.2. The first-order valence-corrected chi connectivity index (χ1v) is 7.15. The Balaban J connectivity index is 2.04. The van der Waals surface area contributed by atoms with Crippen molar-refractivity contribution in [2.75, 3.05) is 12.3 Å². The van der Waals surface area contributed by atoms with Gasteiger partial charge in [0, 0.05) is 17.7 Å². The molecule has 1 atom stereocenters. The van der Waals surface area contributed by atoms with Gasteiger partial charge in [-0.1, -0.05) is 18.2 Å². The van der Waals surface area contributed by atoms with Gasteiger partial charge in [-0.15, -0.1) is 16.9 Å². The molecule has 0 aliphatic carbocycles. The first-order chi connectivity index (χ1) is 9.20. The molecule has 1 aromatic carbocycles. The maximum atomic E-state index is 13.1. The van der Waals surface area contributed by atoms with Gasteiger partial charge in [0.05, 0.1) is 17.9 Å². The molecule has 0 fully saturated rings. The van der Waals surface area contributed by atoms with Crippen molar-refractivity contribution in [3.05, 3.63) is 42.0 Å². The Morgan fingerprint density at radius 1 is 1.47 bits per heavy atom. The molecule has 2 rings (SSSR count). The number of halogens is 1. The van der Waals surface area contributed by atoms with E-state index in [0.717, 1.165) is 22.9 Å². The second-order valence-electron chi connectivity index (χ2n) is 4.16. The summed E-state index contributed by atoms with van der Waals surface area (Å²) in [5.74, 6) is 0.602. The fourth-order valence-electron chi connectivity index (χ4n) is 1.84. The van der Waals surface area contributed by atoms with Crippen molar-refractivity contribution in [2.45, 2.75) is 17.9 Å². The Morgan fingerprint density at radius 3 is 2.95 bits per heavy atom. The Hall–Kier alpha value is -1.40. The molecule has 1 heterocycles. The lowest BCUT2D eigenvalue weighted by Gasteiger charge is -2.17. The predicted molar refractivity (Wildman–Crippen MR) is 74.5 cm³/mol. The zero-order valence-electron chi connectivity index (χ0n) is 11.0. The lowest BCUT2D eigenvalue weighted by Crippen LogP contribution is -2.25. The minimum Gasteiger partial charge on any atom is -0.308 e. The summed E-state index contributed by atoms with van der Waals surface area (Å²) in [6.07, 6.45) is 1.76. The van der Waals surface area contributed by atoms with Gasteiger partial charge < -0.3 is 5.32 Å². The summed E-state index contributed by atoms with van der Waals surface area (Å²) >= 11 is 1.62. The zero-order valence-corrected chi connectivity index (χ0v) is 11.8. The minimum absolute atomic E-state index is 0.151. The van der Waals surface area contributed by atoms with Gasteiger partial charge in [0.1, 0.15) is 5.82 Å². The van der Waals surface area contributed by atoms with Crippen LogP contribution in [-0.2, 0) is 7.05 Å². The minimum atomic E-state index is -0.202. The van der Waals surface area contributed by atoms with Crippen LogP contribution in [0.4, 0.5) is 4.39 Å². The third kappa shape index (κ3) is 3.78. The monoisotopic (exact) mass is 280 g/mol. The first-order valence-electron chi connectivity index (χ1n) is 6.17. The zero-order chi connectivity index (χ0) is 13.7. The molecule has 102 valence electrons. The number of nitrogens with zero attached hydrogens (tertiary/aromatic N) is 3. The summed E-state index contributed by atoms with van der Waals surface area (Å²) in [7, 11) is 1.87. The highest BCUT2D eigenvalue weighted by Crippen LogP contribution is 2.24. The quantitative estimate of drug-likeness (QED) is 0.825. The maximum Gasteiger partial charge on any atom is 0.124 e. The number of thioether (sulfide) groups is 1. The molecule has 0 aliphatic heterocycles. The van der Waals surface area contributed by atoms with Crippen LogP contribution < -0.4 is 5.32 Å². The smallest absolute Gasteiger partial charge is 0.124 e. The first kappa shape index (κ1) is 14.0. The van der Waals surface area contributed by atoms with Crippen LogP contribution in [-0.4, -0.2) is 27.3 Å². The van der Waals surface area contributed by atoms with Gasteiger partial charge in [0.25, 0.3) is 0 Å². The average molecular weight is 280 g/mol. The van der Waals surface area contributed by atoms with Crippen molar-refractivity contribution in [2.24, 2.45) is 7.05 Å². The summed E-state index contributed by atoms with van der Waals surface area (Å²) in [5.41, 5.74) is 1.03. The van der Waals surface area contributed by atoms with Crippen molar-refractivity contribution in [1.29, 1.82) is 0 Å². The van der Waals surface area contributed by atoms with Crippen molar-refractivity contribution in [3.8, 4) is 0 Å². The summed E-state index contributed by atoms with van der Waals surface area (Å²) in [4.78, 5) is 0.929. The van der Waals surface area contributed by atoms with Crippen molar-refractivity contribution in [3.63, 3.8) is 0 Å². The van der Waals surface area contributed by atoms with Crippen LogP contribution in [0.15, 0.2) is 35.4 Å². The SMILES string of the molecule is CCNC(CSc1cccc(F)c1)c1cnnn1C. The molecule has 19 heavy (non-hydrogen) atoms. The lowest BCUT2D eigenvalue weighted by atomic mass is 10.2. The van der Waals surface area contributed by atoms with Crippen LogP contribution in [0.1, 0.15) is 18.7 Å². The number of aryl methyl sites for hydroxylation is 1. The van der Waals surface area contributed by atoms with Gasteiger partial charge in [0.15, 0.2) is 0 Å². The van der Waals surface area contributed by atoms with E-state index >= 15 is 0 Å². The fourth-order valence-corrected chi connectivity index (χ4v) is 2.86. The van der Waals surface area contributed by atoms with Gasteiger partial charge in [-0.25, -0.2) is 4.39 Å². The Kier molecular flexibility index (Phi) is 4.93. The molecule has 6 heteroatoms. The van der Waals surface area contributed by atoms with Crippen LogP contribution in [0.25, 0.3) is 0 Å². The molecule has 1 N–H and O–H groups in total. The van der Waals surface area contributed by atoms with E-state index in [1.165, 1.54) is 6.07 Å². The van der Waals surface area contributed by atoms with E-state index in [9.17, 15) is 4.39 Å². The molecule has 0 amide bonds. The van der Waals surface area contributed by atoms with Gasteiger partial charge in [-0.2, -0.15) is 0 Å². The van der Waals surface area contributed by atoms with Crippen LogP contribution in [0.3, 0.4) is 0 Å². The molecule has 0 radical (unpaired) electrons. The number of aromatic nitrogens is 3. The number of rotatable bonds is 6. The van der Waals surface area contributed by atoms with Gasteiger partial charge in [0.2, 0.25) is 0 Å². The van der Waals surface area contributed by atoms with Crippen LogP contribution in [0.5, 0.6) is 0 Å². The molecular formula is C13H17FN4S. The van der Waals surface area contributed by atoms with Gasteiger partial charge >= 0.3 is 0 Å². The molecule has 2 aromatic rings. The van der Waals surface area contributed by atoms with Crippen LogP contribution in [0.2, 0.25) is 0 Å². The second kappa shape index (κ2) is 6.68. The molecule has 0 spiro atoms. The van der Waals surface area contributed by atoms with Crippen molar-refractivity contribution in [1.82, 2.24) is 20.3 Å².